The summed E-state index contributed by atoms with van der Waals surface area (Å²) in [6, 6.07) is 6.73. The van der Waals surface area contributed by atoms with Crippen molar-refractivity contribution in [1.29, 1.82) is 0 Å². The fraction of sp³-hybridized carbons (Fsp3) is 0.250. The van der Waals surface area contributed by atoms with Crippen molar-refractivity contribution in [2.75, 3.05) is 20.3 Å². The molecule has 7 nitrogen and oxygen atoms in total. The molecule has 2 N–H and O–H groups in total. The Morgan fingerprint density at radius 3 is 2.50 bits per heavy atom. The van der Waals surface area contributed by atoms with Crippen molar-refractivity contribution in [1.82, 2.24) is 10.9 Å². The molecule has 2 amide bonds. The maximum absolute atomic E-state index is 11.7. The Kier molecular flexibility index (Phi) is 6.68. The van der Waals surface area contributed by atoms with Gasteiger partial charge in [-0.05, 0) is 28.1 Å². The fourth-order valence-corrected chi connectivity index (χ4v) is 1.65. The highest BCUT2D eigenvalue weighted by atomic mass is 79.9. The topological polar surface area (TPSA) is 93.7 Å². The fourth-order valence-electron chi connectivity index (χ4n) is 1.18. The molecular formula is C12H13BrN2O5. The summed E-state index contributed by atoms with van der Waals surface area (Å²) >= 11 is 3.21. The zero-order valence-electron chi connectivity index (χ0n) is 10.6. The Labute approximate surface area is 123 Å². The summed E-state index contributed by atoms with van der Waals surface area (Å²) in [6.07, 6.45) is 0. The van der Waals surface area contributed by atoms with E-state index in [0.29, 0.717) is 10.0 Å². The molecule has 108 valence electrons. The molecular weight excluding hydrogens is 332 g/mol. The number of hydrogen-bond donors (Lipinski definition) is 2. The predicted molar refractivity (Wildman–Crippen MR) is 72.6 cm³/mol. The third kappa shape index (κ3) is 5.37. The van der Waals surface area contributed by atoms with Crippen molar-refractivity contribution < 1.29 is 23.9 Å². The highest BCUT2D eigenvalue weighted by molar-refractivity contribution is 9.10. The maximum Gasteiger partial charge on any atom is 0.332 e. The van der Waals surface area contributed by atoms with Gasteiger partial charge in [-0.1, -0.05) is 12.1 Å². The van der Waals surface area contributed by atoms with Gasteiger partial charge in [0.15, 0.2) is 6.61 Å². The van der Waals surface area contributed by atoms with Crippen LogP contribution in [0.4, 0.5) is 0 Å². The van der Waals surface area contributed by atoms with Crippen LogP contribution in [0.1, 0.15) is 10.4 Å². The molecule has 0 unspecified atom stereocenters. The third-order valence-corrected chi connectivity index (χ3v) is 2.75. The van der Waals surface area contributed by atoms with Gasteiger partial charge in [0.2, 0.25) is 0 Å². The lowest BCUT2D eigenvalue weighted by Gasteiger charge is -2.08. The van der Waals surface area contributed by atoms with Gasteiger partial charge in [-0.25, -0.2) is 4.79 Å². The summed E-state index contributed by atoms with van der Waals surface area (Å²) < 4.78 is 9.69. The number of hydrazine groups is 1. The summed E-state index contributed by atoms with van der Waals surface area (Å²) in [5, 5.41) is 0. The Morgan fingerprint density at radius 2 is 1.85 bits per heavy atom. The number of nitrogens with one attached hydrogen (secondary N) is 2. The van der Waals surface area contributed by atoms with Crippen LogP contribution in [0.5, 0.6) is 0 Å². The molecule has 1 aromatic rings. The molecule has 0 saturated heterocycles. The predicted octanol–water partition coefficient (Wildman–Crippen LogP) is 0.400. The van der Waals surface area contributed by atoms with Gasteiger partial charge < -0.3 is 9.47 Å². The van der Waals surface area contributed by atoms with Gasteiger partial charge in [-0.2, -0.15) is 0 Å². The number of carbonyl (C=O) groups excluding carboxylic acids is 3. The number of hydrogen-bond acceptors (Lipinski definition) is 5. The quantitative estimate of drug-likeness (QED) is 0.595. The van der Waals surface area contributed by atoms with Crippen LogP contribution in [0.2, 0.25) is 0 Å². The molecule has 0 aliphatic carbocycles. The molecule has 1 rings (SSSR count). The van der Waals surface area contributed by atoms with Crippen molar-refractivity contribution in [3.63, 3.8) is 0 Å². The van der Waals surface area contributed by atoms with E-state index in [1.807, 2.05) is 0 Å². The smallest absolute Gasteiger partial charge is 0.332 e. The highest BCUT2D eigenvalue weighted by Gasteiger charge is 2.11. The summed E-state index contributed by atoms with van der Waals surface area (Å²) in [5.41, 5.74) is 4.70. The monoisotopic (exact) mass is 344 g/mol. The van der Waals surface area contributed by atoms with E-state index in [-0.39, 0.29) is 6.61 Å². The summed E-state index contributed by atoms with van der Waals surface area (Å²) in [7, 11) is 1.33. The molecule has 0 atom stereocenters. The average Bonchev–Trinajstić information content (AvgIpc) is 2.43. The van der Waals surface area contributed by atoms with Gasteiger partial charge in [0.1, 0.15) is 6.61 Å². The molecule has 1 aromatic carbocycles. The van der Waals surface area contributed by atoms with E-state index < -0.39 is 24.4 Å². The first-order valence-corrected chi connectivity index (χ1v) is 6.32. The number of rotatable bonds is 5. The van der Waals surface area contributed by atoms with E-state index in [1.54, 1.807) is 24.3 Å². The second kappa shape index (κ2) is 8.28. The number of esters is 1. The largest absolute Gasteiger partial charge is 0.454 e. The molecule has 0 aliphatic rings. The van der Waals surface area contributed by atoms with Gasteiger partial charge in [-0.3, -0.25) is 20.4 Å². The van der Waals surface area contributed by atoms with Crippen molar-refractivity contribution in [2.45, 2.75) is 0 Å². The Hall–Kier alpha value is -1.93. The van der Waals surface area contributed by atoms with Gasteiger partial charge in [0, 0.05) is 11.6 Å². The van der Waals surface area contributed by atoms with E-state index in [4.69, 9.17) is 0 Å². The summed E-state index contributed by atoms with van der Waals surface area (Å²) in [4.78, 5) is 34.0. The van der Waals surface area contributed by atoms with Crippen molar-refractivity contribution in [3.05, 3.63) is 34.3 Å². The molecule has 0 heterocycles. The zero-order chi connectivity index (χ0) is 15.0. The first-order valence-electron chi connectivity index (χ1n) is 5.53. The van der Waals surface area contributed by atoms with Gasteiger partial charge in [0.05, 0.1) is 5.56 Å². The minimum absolute atomic E-state index is 0.239. The van der Waals surface area contributed by atoms with Crippen molar-refractivity contribution in [2.24, 2.45) is 0 Å². The summed E-state index contributed by atoms with van der Waals surface area (Å²) in [5.74, 6) is -1.82. The Balaban J connectivity index is 2.36. The molecule has 0 spiro atoms. The van der Waals surface area contributed by atoms with Crippen LogP contribution < -0.4 is 10.9 Å². The van der Waals surface area contributed by atoms with Gasteiger partial charge >= 0.3 is 5.97 Å². The number of ether oxygens (including phenoxy) is 2. The minimum atomic E-state index is -0.667. The maximum atomic E-state index is 11.7. The van der Waals surface area contributed by atoms with Gasteiger partial charge in [0.25, 0.3) is 11.8 Å². The Morgan fingerprint density at radius 1 is 1.15 bits per heavy atom. The van der Waals surface area contributed by atoms with Crippen molar-refractivity contribution in [3.8, 4) is 0 Å². The van der Waals surface area contributed by atoms with E-state index in [9.17, 15) is 14.4 Å². The van der Waals surface area contributed by atoms with Crippen LogP contribution in [0, 0.1) is 0 Å². The molecule has 0 fully saturated rings. The molecule has 0 radical (unpaired) electrons. The van der Waals surface area contributed by atoms with E-state index in [2.05, 4.69) is 36.3 Å². The van der Waals surface area contributed by atoms with E-state index in [0.717, 1.165) is 0 Å². The molecule has 20 heavy (non-hydrogen) atoms. The number of halogens is 1. The first-order chi connectivity index (χ1) is 9.54. The molecule has 8 heteroatoms. The Bertz CT molecular complexity index is 506. The standard InChI is InChI=1S/C12H13BrN2O5/c1-19-7-11(17)20-6-10(16)14-15-12(18)8-4-2-3-5-9(8)13/h2-5H,6-7H2,1H3,(H,14,16)(H,15,18). The first kappa shape index (κ1) is 16.1. The van der Waals surface area contributed by atoms with Crippen molar-refractivity contribution >= 4 is 33.7 Å². The van der Waals surface area contributed by atoms with E-state index in [1.165, 1.54) is 7.11 Å². The van der Waals surface area contributed by atoms with Crippen LogP contribution in [0.15, 0.2) is 28.7 Å². The minimum Gasteiger partial charge on any atom is -0.454 e. The highest BCUT2D eigenvalue weighted by Crippen LogP contribution is 2.14. The normalized spacial score (nSPS) is 9.70. The second-order valence-electron chi connectivity index (χ2n) is 3.58. The number of amides is 2. The lowest BCUT2D eigenvalue weighted by Crippen LogP contribution is -2.43. The molecule has 0 saturated carbocycles. The number of benzene rings is 1. The van der Waals surface area contributed by atoms with Crippen LogP contribution in [-0.2, 0) is 19.1 Å². The SMILES string of the molecule is COCC(=O)OCC(=O)NNC(=O)c1ccccc1Br. The van der Waals surface area contributed by atoms with Gasteiger partial charge in [-0.15, -0.1) is 0 Å². The zero-order valence-corrected chi connectivity index (χ0v) is 12.2. The van der Waals surface area contributed by atoms with Crippen LogP contribution in [0.3, 0.4) is 0 Å². The van der Waals surface area contributed by atoms with Crippen LogP contribution >= 0.6 is 15.9 Å². The molecule has 0 bridgehead atoms. The average molecular weight is 345 g/mol. The number of carbonyl (C=O) groups is 3. The van der Waals surface area contributed by atoms with Crippen LogP contribution in [-0.4, -0.2) is 38.1 Å². The molecule has 0 aromatic heterocycles. The van der Waals surface area contributed by atoms with E-state index >= 15 is 0 Å². The summed E-state index contributed by atoms with van der Waals surface area (Å²) in [6.45, 7) is -0.741. The lowest BCUT2D eigenvalue weighted by molar-refractivity contribution is -0.152. The third-order valence-electron chi connectivity index (χ3n) is 2.06. The number of methoxy groups -OCH3 is 1. The second-order valence-corrected chi connectivity index (χ2v) is 4.43. The lowest BCUT2D eigenvalue weighted by atomic mass is 10.2. The van der Waals surface area contributed by atoms with Crippen LogP contribution in [0.25, 0.3) is 0 Å². The molecule has 0 aliphatic heterocycles.